The van der Waals surface area contributed by atoms with Crippen molar-refractivity contribution in [3.8, 4) is 0 Å². The molecule has 1 amide bonds. The molecule has 1 atom stereocenters. The quantitative estimate of drug-likeness (QED) is 0.817. The highest BCUT2D eigenvalue weighted by Gasteiger charge is 2.13. The van der Waals surface area contributed by atoms with Crippen LogP contribution in [0.5, 0.6) is 0 Å². The maximum atomic E-state index is 11.9. The van der Waals surface area contributed by atoms with Gasteiger partial charge in [0.15, 0.2) is 0 Å². The number of pyridine rings is 1. The van der Waals surface area contributed by atoms with Gasteiger partial charge in [-0.25, -0.2) is 4.98 Å². The van der Waals surface area contributed by atoms with E-state index in [0.29, 0.717) is 5.56 Å². The fourth-order valence-corrected chi connectivity index (χ4v) is 1.59. The van der Waals surface area contributed by atoms with Crippen LogP contribution in [0.15, 0.2) is 18.3 Å². The Morgan fingerprint density at radius 2 is 2.29 bits per heavy atom. The number of aromatic nitrogens is 1. The zero-order chi connectivity index (χ0) is 12.8. The van der Waals surface area contributed by atoms with Gasteiger partial charge < -0.3 is 10.2 Å². The van der Waals surface area contributed by atoms with Crippen molar-refractivity contribution in [2.24, 2.45) is 0 Å². The zero-order valence-electron chi connectivity index (χ0n) is 10.4. The first-order chi connectivity index (χ1) is 8.00. The fourth-order valence-electron chi connectivity index (χ4n) is 1.38. The predicted octanol–water partition coefficient (Wildman–Crippen LogP) is 1.80. The van der Waals surface area contributed by atoms with Gasteiger partial charge >= 0.3 is 0 Å². The smallest absolute Gasteiger partial charge is 0.254 e. The summed E-state index contributed by atoms with van der Waals surface area (Å²) in [5.74, 6) is -0.172. The van der Waals surface area contributed by atoms with E-state index in [1.807, 2.05) is 21.0 Å². The Hall–Kier alpha value is -1.13. The first-order valence-electron chi connectivity index (χ1n) is 5.57. The second kappa shape index (κ2) is 6.57. The number of nitrogens with zero attached hydrogens (tertiary/aromatic N) is 2. The average molecular weight is 256 g/mol. The lowest BCUT2D eigenvalue weighted by Crippen LogP contribution is -2.35. The van der Waals surface area contributed by atoms with E-state index in [4.69, 9.17) is 11.6 Å². The van der Waals surface area contributed by atoms with Crippen LogP contribution >= 0.6 is 11.6 Å². The van der Waals surface area contributed by atoms with E-state index in [0.717, 1.165) is 13.0 Å². The van der Waals surface area contributed by atoms with Gasteiger partial charge in [0, 0.05) is 12.2 Å². The summed E-state index contributed by atoms with van der Waals surface area (Å²) >= 11 is 5.85. The topological polar surface area (TPSA) is 45.2 Å². The van der Waals surface area contributed by atoms with Crippen molar-refractivity contribution >= 4 is 17.5 Å². The molecule has 0 aliphatic heterocycles. The lowest BCUT2D eigenvalue weighted by molar-refractivity contribution is 0.0936. The summed E-state index contributed by atoms with van der Waals surface area (Å²) in [5.41, 5.74) is 0.422. The second-order valence-corrected chi connectivity index (χ2v) is 4.67. The van der Waals surface area contributed by atoms with Crippen LogP contribution in [-0.4, -0.2) is 42.5 Å². The summed E-state index contributed by atoms with van der Waals surface area (Å²) in [7, 11) is 4.01. The lowest BCUT2D eigenvalue weighted by Gasteiger charge is -2.16. The Labute approximate surface area is 107 Å². The molecule has 1 unspecified atom stereocenters. The van der Waals surface area contributed by atoms with Crippen LogP contribution in [0, 0.1) is 0 Å². The molecule has 0 aromatic carbocycles. The number of amides is 1. The van der Waals surface area contributed by atoms with E-state index in [1.165, 1.54) is 0 Å². The number of halogens is 1. The summed E-state index contributed by atoms with van der Waals surface area (Å²) < 4.78 is 0. The third-order valence-electron chi connectivity index (χ3n) is 2.39. The fraction of sp³-hybridized carbons (Fsp3) is 0.500. The van der Waals surface area contributed by atoms with Crippen molar-refractivity contribution in [3.63, 3.8) is 0 Å². The molecule has 0 aliphatic carbocycles. The molecule has 1 heterocycles. The molecule has 0 radical (unpaired) electrons. The van der Waals surface area contributed by atoms with Crippen LogP contribution in [0.2, 0.25) is 5.15 Å². The van der Waals surface area contributed by atoms with Crippen LogP contribution in [-0.2, 0) is 0 Å². The van der Waals surface area contributed by atoms with Crippen molar-refractivity contribution in [3.05, 3.63) is 29.0 Å². The Bertz CT molecular complexity index is 382. The van der Waals surface area contributed by atoms with Gasteiger partial charge in [0.25, 0.3) is 5.91 Å². The Balaban J connectivity index is 2.52. The molecule has 1 aromatic rings. The normalized spacial score (nSPS) is 12.5. The minimum atomic E-state index is -0.172. The molecule has 0 spiro atoms. The molecule has 1 N–H and O–H groups in total. The van der Waals surface area contributed by atoms with Gasteiger partial charge in [-0.15, -0.1) is 0 Å². The van der Waals surface area contributed by atoms with E-state index in [9.17, 15) is 4.79 Å². The standard InChI is InChI=1S/C12H18ClN3O/c1-9(6-8-16(2)3)15-12(17)10-5-4-7-14-11(10)13/h4-5,7,9H,6,8H2,1-3H3,(H,15,17). The monoisotopic (exact) mass is 255 g/mol. The predicted molar refractivity (Wildman–Crippen MR) is 69.3 cm³/mol. The molecule has 1 rings (SSSR count). The highest BCUT2D eigenvalue weighted by atomic mass is 35.5. The van der Waals surface area contributed by atoms with E-state index in [2.05, 4.69) is 15.2 Å². The van der Waals surface area contributed by atoms with Gasteiger partial charge in [-0.05, 0) is 46.1 Å². The highest BCUT2D eigenvalue weighted by molar-refractivity contribution is 6.32. The number of hydrogen-bond donors (Lipinski definition) is 1. The molecule has 0 aliphatic rings. The van der Waals surface area contributed by atoms with Crippen LogP contribution in [0.25, 0.3) is 0 Å². The molecule has 5 heteroatoms. The van der Waals surface area contributed by atoms with Gasteiger partial charge in [-0.3, -0.25) is 4.79 Å². The molecule has 1 aromatic heterocycles. The molecule has 0 bridgehead atoms. The molecule has 0 fully saturated rings. The van der Waals surface area contributed by atoms with Gasteiger partial charge in [0.2, 0.25) is 0 Å². The van der Waals surface area contributed by atoms with Crippen LogP contribution < -0.4 is 5.32 Å². The summed E-state index contributed by atoms with van der Waals surface area (Å²) in [4.78, 5) is 17.8. The van der Waals surface area contributed by atoms with E-state index in [-0.39, 0.29) is 17.1 Å². The van der Waals surface area contributed by atoms with Crippen LogP contribution in [0.3, 0.4) is 0 Å². The Kier molecular flexibility index (Phi) is 5.38. The highest BCUT2D eigenvalue weighted by Crippen LogP contribution is 2.11. The second-order valence-electron chi connectivity index (χ2n) is 4.31. The van der Waals surface area contributed by atoms with Gasteiger partial charge in [-0.1, -0.05) is 11.6 Å². The maximum absolute atomic E-state index is 11.9. The molecule has 94 valence electrons. The third kappa shape index (κ3) is 4.71. The van der Waals surface area contributed by atoms with E-state index >= 15 is 0 Å². The SMILES string of the molecule is CC(CCN(C)C)NC(=O)c1cccnc1Cl. The zero-order valence-corrected chi connectivity index (χ0v) is 11.2. The number of hydrogen-bond acceptors (Lipinski definition) is 3. The Morgan fingerprint density at radius 1 is 1.59 bits per heavy atom. The molecular weight excluding hydrogens is 238 g/mol. The van der Waals surface area contributed by atoms with Crippen molar-refractivity contribution in [2.75, 3.05) is 20.6 Å². The minimum Gasteiger partial charge on any atom is -0.349 e. The number of rotatable bonds is 5. The van der Waals surface area contributed by atoms with Crippen LogP contribution in [0.4, 0.5) is 0 Å². The summed E-state index contributed by atoms with van der Waals surface area (Å²) in [5, 5.41) is 3.14. The number of carbonyl (C=O) groups excluding carboxylic acids is 1. The Morgan fingerprint density at radius 3 is 2.88 bits per heavy atom. The van der Waals surface area contributed by atoms with E-state index < -0.39 is 0 Å². The summed E-state index contributed by atoms with van der Waals surface area (Å²) in [6, 6.07) is 3.48. The van der Waals surface area contributed by atoms with Gasteiger partial charge in [0.05, 0.1) is 5.56 Å². The van der Waals surface area contributed by atoms with E-state index in [1.54, 1.807) is 18.3 Å². The molecule has 0 saturated carbocycles. The molecule has 17 heavy (non-hydrogen) atoms. The summed E-state index contributed by atoms with van der Waals surface area (Å²) in [6.07, 6.45) is 2.46. The largest absolute Gasteiger partial charge is 0.349 e. The van der Waals surface area contributed by atoms with Crippen molar-refractivity contribution < 1.29 is 4.79 Å². The van der Waals surface area contributed by atoms with Crippen molar-refractivity contribution in [1.29, 1.82) is 0 Å². The first kappa shape index (κ1) is 13.9. The van der Waals surface area contributed by atoms with Crippen LogP contribution in [0.1, 0.15) is 23.7 Å². The minimum absolute atomic E-state index is 0.112. The molecule has 4 nitrogen and oxygen atoms in total. The van der Waals surface area contributed by atoms with Crippen molar-refractivity contribution in [2.45, 2.75) is 19.4 Å². The number of carbonyl (C=O) groups is 1. The summed E-state index contributed by atoms with van der Waals surface area (Å²) in [6.45, 7) is 2.91. The maximum Gasteiger partial charge on any atom is 0.254 e. The van der Waals surface area contributed by atoms with Gasteiger partial charge in [0.1, 0.15) is 5.15 Å². The number of nitrogens with one attached hydrogen (secondary N) is 1. The first-order valence-corrected chi connectivity index (χ1v) is 5.94. The molecule has 0 saturated heterocycles. The lowest BCUT2D eigenvalue weighted by atomic mass is 10.2. The molecular formula is C12H18ClN3O. The third-order valence-corrected chi connectivity index (χ3v) is 2.69. The van der Waals surface area contributed by atoms with Gasteiger partial charge in [-0.2, -0.15) is 0 Å². The average Bonchev–Trinajstić information content (AvgIpc) is 2.26. The van der Waals surface area contributed by atoms with Crippen molar-refractivity contribution in [1.82, 2.24) is 15.2 Å².